The summed E-state index contributed by atoms with van der Waals surface area (Å²) in [7, 11) is 0. The topological polar surface area (TPSA) is 80.8 Å². The van der Waals surface area contributed by atoms with Gasteiger partial charge in [-0.25, -0.2) is 0 Å². The van der Waals surface area contributed by atoms with Crippen molar-refractivity contribution in [2.24, 2.45) is 0 Å². The molecule has 17 heavy (non-hydrogen) atoms. The van der Waals surface area contributed by atoms with Gasteiger partial charge in [-0.1, -0.05) is 0 Å². The number of nitrogens with zero attached hydrogens (tertiary/aromatic N) is 2. The number of piperazine rings is 1. The van der Waals surface area contributed by atoms with Crippen molar-refractivity contribution >= 4 is 17.8 Å². The number of carbonyl (C=O) groups is 3. The molecule has 0 spiro atoms. The van der Waals surface area contributed by atoms with Crippen LogP contribution in [0, 0.1) is 0 Å². The van der Waals surface area contributed by atoms with E-state index in [1.54, 1.807) is 9.80 Å². The summed E-state index contributed by atoms with van der Waals surface area (Å²) in [5, 5.41) is 10.2. The predicted octanol–water partition coefficient (Wildman–Crippen LogP) is -1.40. The van der Waals surface area contributed by atoms with Crippen LogP contribution in [0.1, 0.15) is 26.2 Å². The van der Waals surface area contributed by atoms with Gasteiger partial charge < -0.3 is 19.7 Å². The summed E-state index contributed by atoms with van der Waals surface area (Å²) < 4.78 is 0. The van der Waals surface area contributed by atoms with Gasteiger partial charge in [0.1, 0.15) is 0 Å². The highest BCUT2D eigenvalue weighted by molar-refractivity contribution is 5.78. The number of rotatable bonds is 4. The van der Waals surface area contributed by atoms with E-state index in [-0.39, 0.29) is 24.7 Å². The largest absolute Gasteiger partial charge is 0.550 e. The van der Waals surface area contributed by atoms with E-state index in [1.165, 1.54) is 6.92 Å². The maximum Gasteiger partial charge on any atom is 0.222 e. The SMILES string of the molecule is CC(=O)N1CCN(C(=O)CCCC(=O)[O-])CC1. The van der Waals surface area contributed by atoms with Crippen molar-refractivity contribution in [3.63, 3.8) is 0 Å². The van der Waals surface area contributed by atoms with Gasteiger partial charge in [0.25, 0.3) is 0 Å². The molecule has 0 aromatic carbocycles. The van der Waals surface area contributed by atoms with Crippen LogP contribution in [0.25, 0.3) is 0 Å². The zero-order chi connectivity index (χ0) is 12.8. The quantitative estimate of drug-likeness (QED) is 0.606. The molecule has 0 aliphatic carbocycles. The fraction of sp³-hybridized carbons (Fsp3) is 0.727. The third-order valence-corrected chi connectivity index (χ3v) is 2.85. The van der Waals surface area contributed by atoms with E-state index in [0.717, 1.165) is 0 Å². The highest BCUT2D eigenvalue weighted by atomic mass is 16.4. The van der Waals surface area contributed by atoms with Crippen LogP contribution in [0.2, 0.25) is 0 Å². The number of hydrogen-bond acceptors (Lipinski definition) is 4. The standard InChI is InChI=1S/C11H18N2O4/c1-9(14)12-5-7-13(8-6-12)10(15)3-2-4-11(16)17/h2-8H2,1H3,(H,16,17)/p-1. The number of aliphatic carboxylic acids is 1. The molecule has 0 bridgehead atoms. The molecular weight excluding hydrogens is 224 g/mol. The number of hydrogen-bond donors (Lipinski definition) is 0. The minimum Gasteiger partial charge on any atom is -0.550 e. The second-order valence-corrected chi connectivity index (χ2v) is 4.11. The molecule has 2 amide bonds. The van der Waals surface area contributed by atoms with Gasteiger partial charge >= 0.3 is 0 Å². The summed E-state index contributed by atoms with van der Waals surface area (Å²) >= 11 is 0. The number of carboxylic acid groups (broad SMARTS) is 1. The Balaban J connectivity index is 2.26. The first-order valence-electron chi connectivity index (χ1n) is 5.74. The van der Waals surface area contributed by atoms with Crippen LogP contribution in [0.15, 0.2) is 0 Å². The first kappa shape index (κ1) is 13.5. The Morgan fingerprint density at radius 2 is 1.53 bits per heavy atom. The Morgan fingerprint density at radius 3 is 2.00 bits per heavy atom. The lowest BCUT2D eigenvalue weighted by molar-refractivity contribution is -0.305. The minimum atomic E-state index is -1.13. The Labute approximate surface area is 100 Å². The monoisotopic (exact) mass is 241 g/mol. The van der Waals surface area contributed by atoms with Crippen LogP contribution in [0.4, 0.5) is 0 Å². The van der Waals surface area contributed by atoms with E-state index in [9.17, 15) is 19.5 Å². The molecule has 0 atom stereocenters. The Hall–Kier alpha value is -1.59. The Morgan fingerprint density at radius 1 is 1.00 bits per heavy atom. The van der Waals surface area contributed by atoms with Gasteiger partial charge in [0, 0.05) is 45.5 Å². The smallest absolute Gasteiger partial charge is 0.222 e. The first-order valence-corrected chi connectivity index (χ1v) is 5.74. The van der Waals surface area contributed by atoms with Gasteiger partial charge in [-0.15, -0.1) is 0 Å². The molecule has 0 aromatic rings. The van der Waals surface area contributed by atoms with Gasteiger partial charge in [-0.3, -0.25) is 9.59 Å². The van der Waals surface area contributed by atoms with Crippen molar-refractivity contribution in [1.29, 1.82) is 0 Å². The van der Waals surface area contributed by atoms with Crippen molar-refractivity contribution in [3.05, 3.63) is 0 Å². The molecule has 1 saturated heterocycles. The van der Waals surface area contributed by atoms with Crippen molar-refractivity contribution < 1.29 is 19.5 Å². The average Bonchev–Trinajstić information content (AvgIpc) is 2.28. The number of carboxylic acids is 1. The highest BCUT2D eigenvalue weighted by Gasteiger charge is 2.21. The summed E-state index contributed by atoms with van der Waals surface area (Å²) in [6.45, 7) is 3.69. The maximum absolute atomic E-state index is 11.7. The summed E-state index contributed by atoms with van der Waals surface area (Å²) in [6.07, 6.45) is 0.460. The first-order chi connectivity index (χ1) is 8.00. The predicted molar refractivity (Wildman–Crippen MR) is 57.7 cm³/mol. The van der Waals surface area contributed by atoms with Crippen LogP contribution in [0.3, 0.4) is 0 Å². The van der Waals surface area contributed by atoms with E-state index >= 15 is 0 Å². The third-order valence-electron chi connectivity index (χ3n) is 2.85. The molecule has 1 rings (SSSR count). The summed E-state index contributed by atoms with van der Waals surface area (Å²) in [5.74, 6) is -1.15. The number of amides is 2. The Bertz CT molecular complexity index is 309. The van der Waals surface area contributed by atoms with Crippen LogP contribution < -0.4 is 5.11 Å². The van der Waals surface area contributed by atoms with Crippen molar-refractivity contribution in [1.82, 2.24) is 9.80 Å². The fourth-order valence-electron chi connectivity index (χ4n) is 1.81. The van der Waals surface area contributed by atoms with Gasteiger partial charge in [-0.05, 0) is 12.8 Å². The van der Waals surface area contributed by atoms with E-state index in [4.69, 9.17) is 0 Å². The molecule has 1 aliphatic heterocycles. The van der Waals surface area contributed by atoms with Crippen LogP contribution in [-0.4, -0.2) is 53.8 Å². The molecule has 1 heterocycles. The Kier molecular flexibility index (Phi) is 4.93. The third kappa shape index (κ3) is 4.42. The average molecular weight is 241 g/mol. The zero-order valence-corrected chi connectivity index (χ0v) is 9.98. The molecule has 0 radical (unpaired) electrons. The van der Waals surface area contributed by atoms with Crippen molar-refractivity contribution in [2.75, 3.05) is 26.2 Å². The maximum atomic E-state index is 11.7. The van der Waals surface area contributed by atoms with Gasteiger partial charge in [0.05, 0.1) is 0 Å². The molecule has 0 aromatic heterocycles. The van der Waals surface area contributed by atoms with Crippen molar-refractivity contribution in [3.8, 4) is 0 Å². The number of carbonyl (C=O) groups excluding carboxylic acids is 3. The molecule has 6 heteroatoms. The van der Waals surface area contributed by atoms with Gasteiger partial charge in [0.15, 0.2) is 0 Å². The summed E-state index contributed by atoms with van der Waals surface area (Å²) in [5.41, 5.74) is 0. The molecule has 0 saturated carbocycles. The fourth-order valence-corrected chi connectivity index (χ4v) is 1.81. The van der Waals surface area contributed by atoms with E-state index in [1.807, 2.05) is 0 Å². The molecule has 6 nitrogen and oxygen atoms in total. The second kappa shape index (κ2) is 6.22. The lowest BCUT2D eigenvalue weighted by atomic mass is 10.2. The molecule has 1 fully saturated rings. The molecule has 1 aliphatic rings. The lowest BCUT2D eigenvalue weighted by Crippen LogP contribution is -2.50. The van der Waals surface area contributed by atoms with E-state index < -0.39 is 5.97 Å². The van der Waals surface area contributed by atoms with Crippen LogP contribution in [0.5, 0.6) is 0 Å². The van der Waals surface area contributed by atoms with Gasteiger partial charge in [-0.2, -0.15) is 0 Å². The van der Waals surface area contributed by atoms with E-state index in [0.29, 0.717) is 32.6 Å². The summed E-state index contributed by atoms with van der Waals surface area (Å²) in [6, 6.07) is 0. The van der Waals surface area contributed by atoms with Gasteiger partial charge in [0.2, 0.25) is 11.8 Å². The van der Waals surface area contributed by atoms with Crippen molar-refractivity contribution in [2.45, 2.75) is 26.2 Å². The highest BCUT2D eigenvalue weighted by Crippen LogP contribution is 2.06. The lowest BCUT2D eigenvalue weighted by Gasteiger charge is -2.34. The van der Waals surface area contributed by atoms with Crippen LogP contribution >= 0.6 is 0 Å². The molecule has 0 N–H and O–H groups in total. The molecule has 0 unspecified atom stereocenters. The summed E-state index contributed by atoms with van der Waals surface area (Å²) in [4.78, 5) is 36.3. The second-order valence-electron chi connectivity index (χ2n) is 4.11. The molecule has 96 valence electrons. The van der Waals surface area contributed by atoms with E-state index in [2.05, 4.69) is 0 Å². The molecular formula is C11H17N2O4-. The normalized spacial score (nSPS) is 15.8. The van der Waals surface area contributed by atoms with Crippen LogP contribution in [-0.2, 0) is 14.4 Å². The zero-order valence-electron chi connectivity index (χ0n) is 9.98. The minimum absolute atomic E-state index is 0.0223.